The minimum atomic E-state index is -0.611. The van der Waals surface area contributed by atoms with Gasteiger partial charge < -0.3 is 24.4 Å². The Kier molecular flexibility index (Phi) is 7.64. The first-order valence-electron chi connectivity index (χ1n) is 11.1. The average molecular weight is 512 g/mol. The van der Waals surface area contributed by atoms with Crippen molar-refractivity contribution in [2.75, 3.05) is 21.3 Å². The van der Waals surface area contributed by atoms with Crippen LogP contribution < -0.4 is 14.8 Å². The first-order chi connectivity index (χ1) is 17.3. The molecule has 2 aliphatic rings. The molecule has 1 amide bonds. The van der Waals surface area contributed by atoms with Crippen LogP contribution in [0.15, 0.2) is 69.8 Å². The molecular weight excluding hydrogens is 485 g/mol. The van der Waals surface area contributed by atoms with Gasteiger partial charge in [-0.2, -0.15) is 0 Å². The molecule has 1 N–H and O–H groups in total. The number of amidine groups is 1. The molecule has 0 aliphatic carbocycles. The molecule has 1 atom stereocenters. The standard InChI is InChI=1S/C26H26FN3O5S/c1-15-23(25(32)35-4)24(17-9-20(33-2)12-21(10-17)34-3)30-19(14-36-26(30)29-15)11-22(31)28-13-16-5-7-18(27)8-6-16/h5-10,12,14,24H,11,13H2,1-4H3,(H,28,31). The second-order valence-electron chi connectivity index (χ2n) is 8.11. The number of hydrogen-bond donors (Lipinski definition) is 1. The monoisotopic (exact) mass is 511 g/mol. The Hall–Kier alpha value is -3.79. The van der Waals surface area contributed by atoms with E-state index in [9.17, 15) is 14.0 Å². The molecule has 0 bridgehead atoms. The highest BCUT2D eigenvalue weighted by atomic mass is 32.2. The summed E-state index contributed by atoms with van der Waals surface area (Å²) in [5.41, 5.74) is 3.07. The Balaban J connectivity index is 1.64. The Morgan fingerprint density at radius 3 is 2.36 bits per heavy atom. The number of fused-ring (bicyclic) bond motifs is 1. The summed E-state index contributed by atoms with van der Waals surface area (Å²) in [6, 6.07) is 10.7. The number of esters is 1. The number of allylic oxidation sites excluding steroid dienone is 1. The Morgan fingerprint density at radius 1 is 1.08 bits per heavy atom. The van der Waals surface area contributed by atoms with Crippen LogP contribution in [0.4, 0.5) is 4.39 Å². The number of benzene rings is 2. The lowest BCUT2D eigenvalue weighted by atomic mass is 9.93. The largest absolute Gasteiger partial charge is 0.497 e. The number of nitrogens with one attached hydrogen (secondary N) is 1. The highest BCUT2D eigenvalue weighted by Crippen LogP contribution is 2.46. The molecule has 2 aromatic carbocycles. The van der Waals surface area contributed by atoms with E-state index in [1.54, 1.807) is 39.3 Å². The summed E-state index contributed by atoms with van der Waals surface area (Å²) >= 11 is 1.38. The van der Waals surface area contributed by atoms with Gasteiger partial charge in [-0.15, -0.1) is 0 Å². The molecule has 2 aliphatic heterocycles. The summed E-state index contributed by atoms with van der Waals surface area (Å²) in [4.78, 5) is 32.2. The van der Waals surface area contributed by atoms with Crippen molar-refractivity contribution >= 4 is 28.8 Å². The fourth-order valence-corrected chi connectivity index (χ4v) is 5.04. The van der Waals surface area contributed by atoms with Crippen LogP contribution in [0.3, 0.4) is 0 Å². The molecule has 2 heterocycles. The number of ether oxygens (including phenoxy) is 3. The number of carbonyl (C=O) groups excluding carboxylic acids is 2. The molecule has 36 heavy (non-hydrogen) atoms. The highest BCUT2D eigenvalue weighted by Gasteiger charge is 2.41. The van der Waals surface area contributed by atoms with Crippen LogP contribution >= 0.6 is 11.8 Å². The van der Waals surface area contributed by atoms with Gasteiger partial charge in [0.2, 0.25) is 5.91 Å². The number of aliphatic imine (C=N–C) groups is 1. The third kappa shape index (κ3) is 5.23. The molecule has 188 valence electrons. The lowest BCUT2D eigenvalue weighted by molar-refractivity contribution is -0.136. The Bertz CT molecular complexity index is 1250. The quantitative estimate of drug-likeness (QED) is 0.529. The van der Waals surface area contributed by atoms with Crippen molar-refractivity contribution in [1.29, 1.82) is 0 Å². The zero-order valence-corrected chi connectivity index (χ0v) is 21.1. The van der Waals surface area contributed by atoms with E-state index in [0.29, 0.717) is 33.6 Å². The molecule has 0 saturated heterocycles. The number of amides is 1. The smallest absolute Gasteiger partial charge is 0.338 e. The van der Waals surface area contributed by atoms with Gasteiger partial charge in [0.25, 0.3) is 0 Å². The fourth-order valence-electron chi connectivity index (χ4n) is 4.07. The first kappa shape index (κ1) is 25.3. The second kappa shape index (κ2) is 10.9. The molecule has 1 unspecified atom stereocenters. The number of rotatable bonds is 8. The van der Waals surface area contributed by atoms with Gasteiger partial charge in [0.15, 0.2) is 5.17 Å². The van der Waals surface area contributed by atoms with Gasteiger partial charge in [-0.05, 0) is 47.7 Å². The van der Waals surface area contributed by atoms with Gasteiger partial charge in [0, 0.05) is 18.3 Å². The van der Waals surface area contributed by atoms with Crippen molar-refractivity contribution in [3.05, 3.63) is 81.8 Å². The van der Waals surface area contributed by atoms with Gasteiger partial charge in [-0.25, -0.2) is 14.2 Å². The second-order valence-corrected chi connectivity index (χ2v) is 8.95. The van der Waals surface area contributed by atoms with Crippen LogP contribution in [-0.2, 0) is 20.9 Å². The third-order valence-corrected chi connectivity index (χ3v) is 6.73. The summed E-state index contributed by atoms with van der Waals surface area (Å²) in [7, 11) is 4.43. The minimum absolute atomic E-state index is 0.0539. The van der Waals surface area contributed by atoms with Crippen molar-refractivity contribution in [1.82, 2.24) is 10.2 Å². The summed E-state index contributed by atoms with van der Waals surface area (Å²) in [5, 5.41) is 5.37. The molecule has 0 spiro atoms. The number of methoxy groups -OCH3 is 3. The normalized spacial score (nSPS) is 16.7. The summed E-state index contributed by atoms with van der Waals surface area (Å²) in [6.07, 6.45) is 0.0539. The number of thioether (sulfide) groups is 1. The van der Waals surface area contributed by atoms with E-state index in [2.05, 4.69) is 10.3 Å². The van der Waals surface area contributed by atoms with E-state index >= 15 is 0 Å². The maximum atomic E-state index is 13.2. The van der Waals surface area contributed by atoms with Gasteiger partial charge in [-0.3, -0.25) is 4.79 Å². The maximum absolute atomic E-state index is 13.2. The predicted molar refractivity (Wildman–Crippen MR) is 135 cm³/mol. The molecule has 0 saturated carbocycles. The van der Waals surface area contributed by atoms with Crippen molar-refractivity contribution in [3.63, 3.8) is 0 Å². The van der Waals surface area contributed by atoms with Crippen molar-refractivity contribution in [3.8, 4) is 11.5 Å². The van der Waals surface area contributed by atoms with Crippen LogP contribution in [0.5, 0.6) is 11.5 Å². The van der Waals surface area contributed by atoms with Gasteiger partial charge in [0.1, 0.15) is 17.3 Å². The third-order valence-electron chi connectivity index (χ3n) is 5.84. The average Bonchev–Trinajstić information content (AvgIpc) is 3.28. The Morgan fingerprint density at radius 2 is 1.75 bits per heavy atom. The van der Waals surface area contributed by atoms with Crippen molar-refractivity contribution in [2.24, 2.45) is 4.99 Å². The van der Waals surface area contributed by atoms with Gasteiger partial charge >= 0.3 is 5.97 Å². The van der Waals surface area contributed by atoms with E-state index < -0.39 is 12.0 Å². The Labute approximate surface area is 212 Å². The number of halogens is 1. The topological polar surface area (TPSA) is 89.5 Å². The zero-order valence-electron chi connectivity index (χ0n) is 20.3. The van der Waals surface area contributed by atoms with E-state index in [-0.39, 0.29) is 24.7 Å². The molecular formula is C26H26FN3O5S. The summed E-state index contributed by atoms with van der Waals surface area (Å²) in [5.74, 6) is 0.0499. The highest BCUT2D eigenvalue weighted by molar-refractivity contribution is 8.16. The van der Waals surface area contributed by atoms with Crippen LogP contribution in [-0.4, -0.2) is 43.3 Å². The molecule has 10 heteroatoms. The predicted octanol–water partition coefficient (Wildman–Crippen LogP) is 4.30. The number of nitrogens with zero attached hydrogens (tertiary/aromatic N) is 2. The van der Waals surface area contributed by atoms with Crippen LogP contribution in [0, 0.1) is 5.82 Å². The van der Waals surface area contributed by atoms with Crippen LogP contribution in [0.2, 0.25) is 0 Å². The minimum Gasteiger partial charge on any atom is -0.497 e. The van der Waals surface area contributed by atoms with E-state index in [1.807, 2.05) is 22.4 Å². The first-order valence-corrected chi connectivity index (χ1v) is 12.0. The lowest BCUT2D eigenvalue weighted by Gasteiger charge is -2.36. The van der Waals surface area contributed by atoms with Gasteiger partial charge in [0.05, 0.1) is 45.1 Å². The lowest BCUT2D eigenvalue weighted by Crippen LogP contribution is -2.38. The van der Waals surface area contributed by atoms with Crippen molar-refractivity contribution < 1.29 is 28.2 Å². The molecule has 8 nitrogen and oxygen atoms in total. The van der Waals surface area contributed by atoms with Crippen molar-refractivity contribution in [2.45, 2.75) is 25.9 Å². The van der Waals surface area contributed by atoms with E-state index in [4.69, 9.17) is 14.2 Å². The molecule has 2 aromatic rings. The summed E-state index contributed by atoms with van der Waals surface area (Å²) in [6.45, 7) is 2.03. The number of carbonyl (C=O) groups is 2. The molecule has 0 aromatic heterocycles. The SMILES string of the molecule is COC(=O)C1=C(C)N=C2SC=C(CC(=O)NCc3ccc(F)cc3)N2C1c1cc(OC)cc(OC)c1. The van der Waals surface area contributed by atoms with Gasteiger partial charge in [-0.1, -0.05) is 23.9 Å². The van der Waals surface area contributed by atoms with E-state index in [1.165, 1.54) is 31.0 Å². The molecule has 0 fully saturated rings. The molecule has 0 radical (unpaired) electrons. The number of hydrogen-bond acceptors (Lipinski definition) is 8. The van der Waals surface area contributed by atoms with Crippen LogP contribution in [0.1, 0.15) is 30.5 Å². The van der Waals surface area contributed by atoms with Crippen LogP contribution in [0.25, 0.3) is 0 Å². The maximum Gasteiger partial charge on any atom is 0.338 e. The van der Waals surface area contributed by atoms with E-state index in [0.717, 1.165) is 11.1 Å². The zero-order chi connectivity index (χ0) is 25.8. The molecule has 4 rings (SSSR count). The summed E-state index contributed by atoms with van der Waals surface area (Å²) < 4.78 is 29.2. The fraction of sp³-hybridized carbons (Fsp3) is 0.269.